The highest BCUT2D eigenvalue weighted by Gasteiger charge is 2.08. The van der Waals surface area contributed by atoms with Crippen LogP contribution in [0.5, 0.6) is 5.75 Å². The summed E-state index contributed by atoms with van der Waals surface area (Å²) in [5.74, 6) is -0.177. The third kappa shape index (κ3) is 3.66. The normalized spacial score (nSPS) is 10.1. The molecule has 0 saturated carbocycles. The summed E-state index contributed by atoms with van der Waals surface area (Å²) in [5, 5.41) is 12.2. The number of methoxy groups -OCH3 is 1. The fraction of sp³-hybridized carbons (Fsp3) is 0.188. The summed E-state index contributed by atoms with van der Waals surface area (Å²) in [6.45, 7) is 0.670. The van der Waals surface area contributed by atoms with Gasteiger partial charge < -0.3 is 20.9 Å². The number of ether oxygens (including phenoxy) is 1. The van der Waals surface area contributed by atoms with Crippen molar-refractivity contribution >= 4 is 17.3 Å². The van der Waals surface area contributed by atoms with Gasteiger partial charge in [0.1, 0.15) is 5.75 Å². The van der Waals surface area contributed by atoms with Crippen LogP contribution in [0.25, 0.3) is 0 Å². The average molecular weight is 286 g/mol. The van der Waals surface area contributed by atoms with Gasteiger partial charge in [0.2, 0.25) is 0 Å². The number of nitrogen functional groups attached to an aromatic ring is 1. The van der Waals surface area contributed by atoms with Gasteiger partial charge in [-0.15, -0.1) is 0 Å². The molecule has 0 aromatic heterocycles. The Labute approximate surface area is 123 Å². The van der Waals surface area contributed by atoms with E-state index in [4.69, 9.17) is 15.6 Å². The second-order valence-corrected chi connectivity index (χ2v) is 4.60. The second kappa shape index (κ2) is 6.65. The number of hydrogen-bond donors (Lipinski definition) is 3. The van der Waals surface area contributed by atoms with Gasteiger partial charge in [-0.05, 0) is 36.2 Å². The lowest BCUT2D eigenvalue weighted by atomic mass is 10.1. The molecule has 5 heteroatoms. The van der Waals surface area contributed by atoms with Crippen LogP contribution in [0.2, 0.25) is 0 Å². The van der Waals surface area contributed by atoms with Crippen molar-refractivity contribution in [3.63, 3.8) is 0 Å². The first-order valence-corrected chi connectivity index (χ1v) is 6.60. The monoisotopic (exact) mass is 286 g/mol. The maximum Gasteiger partial charge on any atom is 0.337 e. The molecule has 2 aromatic carbocycles. The minimum absolute atomic E-state index is 0.109. The van der Waals surface area contributed by atoms with Gasteiger partial charge in [0.05, 0.1) is 12.7 Å². The van der Waals surface area contributed by atoms with Gasteiger partial charge in [0, 0.05) is 17.9 Å². The summed E-state index contributed by atoms with van der Waals surface area (Å²) in [5.41, 5.74) is 7.82. The Morgan fingerprint density at radius 3 is 2.76 bits per heavy atom. The van der Waals surface area contributed by atoms with Crippen molar-refractivity contribution in [2.75, 3.05) is 24.7 Å². The molecular formula is C16H18N2O3. The van der Waals surface area contributed by atoms with Crippen LogP contribution in [-0.2, 0) is 6.42 Å². The minimum Gasteiger partial charge on any atom is -0.496 e. The van der Waals surface area contributed by atoms with Gasteiger partial charge in [-0.1, -0.05) is 18.2 Å². The van der Waals surface area contributed by atoms with Crippen LogP contribution in [0.15, 0.2) is 42.5 Å². The molecule has 0 amide bonds. The van der Waals surface area contributed by atoms with Crippen LogP contribution in [0, 0.1) is 0 Å². The van der Waals surface area contributed by atoms with E-state index in [0.717, 1.165) is 23.4 Å². The van der Waals surface area contributed by atoms with Gasteiger partial charge in [-0.25, -0.2) is 4.79 Å². The Balaban J connectivity index is 2.00. The molecule has 0 heterocycles. The molecule has 0 unspecified atom stereocenters. The third-order valence-corrected chi connectivity index (χ3v) is 3.20. The lowest BCUT2D eigenvalue weighted by Gasteiger charge is -2.11. The molecule has 4 N–H and O–H groups in total. The SMILES string of the molecule is COc1ccccc1CCNc1ccc(N)c(C(=O)O)c1. The number of carbonyl (C=O) groups is 1. The maximum atomic E-state index is 11.0. The highest BCUT2D eigenvalue weighted by molar-refractivity contribution is 5.94. The van der Waals surface area contributed by atoms with E-state index in [0.29, 0.717) is 6.54 Å². The summed E-state index contributed by atoms with van der Waals surface area (Å²) in [7, 11) is 1.64. The number of benzene rings is 2. The van der Waals surface area contributed by atoms with E-state index >= 15 is 0 Å². The molecule has 21 heavy (non-hydrogen) atoms. The molecule has 0 radical (unpaired) electrons. The van der Waals surface area contributed by atoms with Crippen LogP contribution in [0.3, 0.4) is 0 Å². The predicted octanol–water partition coefficient (Wildman–Crippen LogP) is 2.63. The van der Waals surface area contributed by atoms with E-state index in [-0.39, 0.29) is 11.3 Å². The molecule has 0 aliphatic carbocycles. The zero-order valence-electron chi connectivity index (χ0n) is 11.8. The molecular weight excluding hydrogens is 268 g/mol. The Bertz CT molecular complexity index is 641. The molecule has 0 atom stereocenters. The van der Waals surface area contributed by atoms with Gasteiger partial charge in [0.25, 0.3) is 0 Å². The quantitative estimate of drug-likeness (QED) is 0.711. The Kier molecular flexibility index (Phi) is 4.66. The van der Waals surface area contributed by atoms with Gasteiger partial charge >= 0.3 is 5.97 Å². The lowest BCUT2D eigenvalue weighted by Crippen LogP contribution is -2.08. The van der Waals surface area contributed by atoms with E-state index < -0.39 is 5.97 Å². The number of rotatable bonds is 6. The van der Waals surface area contributed by atoms with Gasteiger partial charge in [0.15, 0.2) is 0 Å². The van der Waals surface area contributed by atoms with Crippen molar-refractivity contribution in [1.82, 2.24) is 0 Å². The number of nitrogens with two attached hydrogens (primary N) is 1. The number of nitrogens with one attached hydrogen (secondary N) is 1. The molecule has 2 aromatic rings. The molecule has 0 saturated heterocycles. The number of aromatic carboxylic acids is 1. The van der Waals surface area contributed by atoms with Gasteiger partial charge in [-0.3, -0.25) is 0 Å². The number of para-hydroxylation sites is 1. The summed E-state index contributed by atoms with van der Waals surface area (Å²) < 4.78 is 5.29. The highest BCUT2D eigenvalue weighted by Crippen LogP contribution is 2.20. The van der Waals surface area contributed by atoms with Crippen LogP contribution in [0.1, 0.15) is 15.9 Å². The third-order valence-electron chi connectivity index (χ3n) is 3.20. The summed E-state index contributed by atoms with van der Waals surface area (Å²) in [6, 6.07) is 12.7. The largest absolute Gasteiger partial charge is 0.496 e. The zero-order chi connectivity index (χ0) is 15.2. The predicted molar refractivity (Wildman–Crippen MR) is 83.0 cm³/mol. The summed E-state index contributed by atoms with van der Waals surface area (Å²) in [6.07, 6.45) is 0.775. The van der Waals surface area contributed by atoms with Crippen LogP contribution in [0.4, 0.5) is 11.4 Å². The first-order valence-electron chi connectivity index (χ1n) is 6.60. The summed E-state index contributed by atoms with van der Waals surface area (Å²) in [4.78, 5) is 11.0. The fourth-order valence-corrected chi connectivity index (χ4v) is 2.10. The average Bonchev–Trinajstić information content (AvgIpc) is 2.49. The van der Waals surface area contributed by atoms with Crippen molar-refractivity contribution in [2.24, 2.45) is 0 Å². The van der Waals surface area contributed by atoms with Crippen molar-refractivity contribution in [1.29, 1.82) is 0 Å². The zero-order valence-corrected chi connectivity index (χ0v) is 11.8. The maximum absolute atomic E-state index is 11.0. The van der Waals surface area contributed by atoms with E-state index in [1.165, 1.54) is 0 Å². The molecule has 0 fully saturated rings. The number of hydrogen-bond acceptors (Lipinski definition) is 4. The second-order valence-electron chi connectivity index (χ2n) is 4.60. The number of carboxylic acids is 1. The fourth-order valence-electron chi connectivity index (χ4n) is 2.10. The van der Waals surface area contributed by atoms with Crippen molar-refractivity contribution in [3.05, 3.63) is 53.6 Å². The van der Waals surface area contributed by atoms with Crippen LogP contribution < -0.4 is 15.8 Å². The molecule has 0 aliphatic rings. The van der Waals surface area contributed by atoms with E-state index in [1.807, 2.05) is 24.3 Å². The minimum atomic E-state index is -1.03. The first-order chi connectivity index (χ1) is 10.1. The lowest BCUT2D eigenvalue weighted by molar-refractivity contribution is 0.0698. The number of anilines is 2. The molecule has 2 rings (SSSR count). The smallest absolute Gasteiger partial charge is 0.337 e. The summed E-state index contributed by atoms with van der Waals surface area (Å²) >= 11 is 0. The number of carboxylic acid groups (broad SMARTS) is 1. The molecule has 5 nitrogen and oxygen atoms in total. The Morgan fingerprint density at radius 2 is 2.05 bits per heavy atom. The van der Waals surface area contributed by atoms with Crippen molar-refractivity contribution < 1.29 is 14.6 Å². The van der Waals surface area contributed by atoms with Crippen molar-refractivity contribution in [2.45, 2.75) is 6.42 Å². The molecule has 0 spiro atoms. The van der Waals surface area contributed by atoms with E-state index in [9.17, 15) is 4.79 Å². The first kappa shape index (κ1) is 14.7. The Morgan fingerprint density at radius 1 is 1.29 bits per heavy atom. The van der Waals surface area contributed by atoms with E-state index in [2.05, 4.69) is 5.32 Å². The molecule has 0 bridgehead atoms. The standard InChI is InChI=1S/C16H18N2O3/c1-21-15-5-3-2-4-11(15)8-9-18-12-6-7-14(17)13(10-12)16(19)20/h2-7,10,18H,8-9,17H2,1H3,(H,19,20). The van der Waals surface area contributed by atoms with Crippen LogP contribution in [-0.4, -0.2) is 24.7 Å². The Hall–Kier alpha value is -2.69. The van der Waals surface area contributed by atoms with Crippen molar-refractivity contribution in [3.8, 4) is 5.75 Å². The molecule has 110 valence electrons. The van der Waals surface area contributed by atoms with Crippen LogP contribution >= 0.6 is 0 Å². The molecule has 0 aliphatic heterocycles. The highest BCUT2D eigenvalue weighted by atomic mass is 16.5. The van der Waals surface area contributed by atoms with Gasteiger partial charge in [-0.2, -0.15) is 0 Å². The van der Waals surface area contributed by atoms with E-state index in [1.54, 1.807) is 25.3 Å². The topological polar surface area (TPSA) is 84.6 Å².